The molecule has 1 aromatic rings. The van der Waals surface area contributed by atoms with Crippen LogP contribution in [0.2, 0.25) is 0 Å². The van der Waals surface area contributed by atoms with Crippen LogP contribution in [0.4, 0.5) is 10.5 Å². The van der Waals surface area contributed by atoms with Crippen LogP contribution in [-0.4, -0.2) is 53.8 Å². The number of esters is 1. The molecule has 0 bridgehead atoms. The fourth-order valence-electron chi connectivity index (χ4n) is 3.29. The van der Waals surface area contributed by atoms with E-state index in [-0.39, 0.29) is 19.6 Å². The van der Waals surface area contributed by atoms with Gasteiger partial charge in [0.25, 0.3) is 5.91 Å². The first-order valence-corrected chi connectivity index (χ1v) is 8.76. The molecule has 3 rings (SSSR count). The molecule has 0 saturated carbocycles. The number of amides is 2. The number of anilines is 1. The summed E-state index contributed by atoms with van der Waals surface area (Å²) < 4.78 is 16.2. The Morgan fingerprint density at radius 1 is 1.30 bits per heavy atom. The molecule has 0 radical (unpaired) electrons. The van der Waals surface area contributed by atoms with Crippen LogP contribution in [-0.2, 0) is 30.4 Å². The number of likely N-dealkylation sites (tertiary alicyclic amines) is 1. The maximum Gasteiger partial charge on any atom is 0.411 e. The third-order valence-electron chi connectivity index (χ3n) is 4.61. The number of rotatable bonds is 1. The summed E-state index contributed by atoms with van der Waals surface area (Å²) in [7, 11) is 1.24. The number of ether oxygens (including phenoxy) is 3. The normalized spacial score (nSPS) is 24.8. The molecule has 1 saturated heterocycles. The van der Waals surface area contributed by atoms with Gasteiger partial charge in [0, 0.05) is 17.7 Å². The van der Waals surface area contributed by atoms with Crippen LogP contribution in [0, 0.1) is 0 Å². The number of fused-ring (bicyclic) bond motifs is 1. The third-order valence-corrected chi connectivity index (χ3v) is 4.61. The number of methoxy groups -OCH3 is 1. The molecule has 2 heterocycles. The number of carbonyl (C=O) groups is 3. The molecule has 8 heteroatoms. The Kier molecular flexibility index (Phi) is 4.86. The van der Waals surface area contributed by atoms with Crippen LogP contribution >= 0.6 is 0 Å². The number of hydrogen-bond acceptors (Lipinski definition) is 6. The summed E-state index contributed by atoms with van der Waals surface area (Å²) in [5.41, 5.74) is -0.608. The monoisotopic (exact) mass is 376 g/mol. The summed E-state index contributed by atoms with van der Waals surface area (Å²) in [4.78, 5) is 39.1. The minimum absolute atomic E-state index is 0.00125. The van der Waals surface area contributed by atoms with Gasteiger partial charge in [-0.1, -0.05) is 18.2 Å². The number of carbonyl (C=O) groups excluding carboxylic acids is 3. The van der Waals surface area contributed by atoms with Gasteiger partial charge in [-0.3, -0.25) is 9.69 Å². The highest BCUT2D eigenvalue weighted by Gasteiger charge is 2.56. The number of nitrogens with one attached hydrogen (secondary N) is 1. The molecule has 0 aliphatic carbocycles. The Bertz CT molecular complexity index is 772. The smallest absolute Gasteiger partial charge is 0.411 e. The molecule has 8 nitrogen and oxygen atoms in total. The largest absolute Gasteiger partial charge is 0.467 e. The molecule has 2 aliphatic rings. The van der Waals surface area contributed by atoms with Crippen molar-refractivity contribution in [3.63, 3.8) is 0 Å². The van der Waals surface area contributed by atoms with Crippen molar-refractivity contribution in [2.75, 3.05) is 19.0 Å². The zero-order valence-corrected chi connectivity index (χ0v) is 15.9. The van der Waals surface area contributed by atoms with Gasteiger partial charge in [0.1, 0.15) is 11.6 Å². The molecule has 146 valence electrons. The highest BCUT2D eigenvalue weighted by molar-refractivity contribution is 6.00. The lowest BCUT2D eigenvalue weighted by Crippen LogP contribution is -2.48. The minimum Gasteiger partial charge on any atom is -0.467 e. The lowest BCUT2D eigenvalue weighted by Gasteiger charge is -2.28. The molecule has 1 fully saturated rings. The molecule has 1 spiro atoms. The summed E-state index contributed by atoms with van der Waals surface area (Å²) in [5.74, 6) is -1.01. The van der Waals surface area contributed by atoms with E-state index in [4.69, 9.17) is 14.2 Å². The van der Waals surface area contributed by atoms with E-state index in [0.29, 0.717) is 5.69 Å². The molecule has 27 heavy (non-hydrogen) atoms. The highest BCUT2D eigenvalue weighted by atomic mass is 16.6. The van der Waals surface area contributed by atoms with Crippen molar-refractivity contribution >= 4 is 23.7 Å². The Balaban J connectivity index is 1.89. The van der Waals surface area contributed by atoms with Gasteiger partial charge in [-0.2, -0.15) is 0 Å². The van der Waals surface area contributed by atoms with Gasteiger partial charge in [-0.05, 0) is 26.8 Å². The van der Waals surface area contributed by atoms with E-state index in [1.807, 2.05) is 18.2 Å². The van der Waals surface area contributed by atoms with Crippen LogP contribution < -0.4 is 5.32 Å². The van der Waals surface area contributed by atoms with Crippen LogP contribution in [0.5, 0.6) is 0 Å². The average Bonchev–Trinajstić information content (AvgIpc) is 2.94. The first-order valence-electron chi connectivity index (χ1n) is 8.76. The van der Waals surface area contributed by atoms with Crippen LogP contribution in [0.3, 0.4) is 0 Å². The summed E-state index contributed by atoms with van der Waals surface area (Å²) in [5, 5.41) is 2.85. The van der Waals surface area contributed by atoms with Gasteiger partial charge in [-0.25, -0.2) is 9.59 Å². The van der Waals surface area contributed by atoms with E-state index in [0.717, 1.165) is 5.56 Å². The van der Waals surface area contributed by atoms with Crippen molar-refractivity contribution in [1.29, 1.82) is 0 Å². The van der Waals surface area contributed by atoms with Gasteiger partial charge in [0.15, 0.2) is 5.60 Å². The molecule has 2 atom stereocenters. The van der Waals surface area contributed by atoms with E-state index in [9.17, 15) is 14.4 Å². The second-order valence-electron chi connectivity index (χ2n) is 7.75. The van der Waals surface area contributed by atoms with Crippen LogP contribution in [0.15, 0.2) is 24.3 Å². The first kappa shape index (κ1) is 19.2. The Labute approximate surface area is 157 Å². The van der Waals surface area contributed by atoms with Crippen molar-refractivity contribution in [3.8, 4) is 0 Å². The van der Waals surface area contributed by atoms with Crippen LogP contribution in [0.25, 0.3) is 0 Å². The van der Waals surface area contributed by atoms with Crippen molar-refractivity contribution in [3.05, 3.63) is 29.8 Å². The molecule has 1 unspecified atom stereocenters. The zero-order valence-electron chi connectivity index (χ0n) is 15.9. The quantitative estimate of drug-likeness (QED) is 0.754. The summed E-state index contributed by atoms with van der Waals surface area (Å²) >= 11 is 0. The average molecular weight is 376 g/mol. The van der Waals surface area contributed by atoms with E-state index < -0.39 is 35.2 Å². The summed E-state index contributed by atoms with van der Waals surface area (Å²) in [6, 6.07) is 6.35. The number of para-hydroxylation sites is 1. The minimum atomic E-state index is -1.35. The van der Waals surface area contributed by atoms with Crippen molar-refractivity contribution < 1.29 is 28.6 Å². The zero-order chi connectivity index (χ0) is 19.8. The Hall–Kier alpha value is -2.61. The van der Waals surface area contributed by atoms with Gasteiger partial charge < -0.3 is 19.5 Å². The molecule has 1 N–H and O–H groups in total. The van der Waals surface area contributed by atoms with Gasteiger partial charge in [0.05, 0.1) is 20.3 Å². The number of nitrogens with zero attached hydrogens (tertiary/aromatic N) is 1. The predicted molar refractivity (Wildman–Crippen MR) is 96.0 cm³/mol. The standard InChI is InChI=1S/C19H24N2O6/c1-18(2,3)27-17(24)21-11-19(9-14(21)15(22)25-4)16(23)20-13-8-6-5-7-12(13)10-26-19/h5-8,14H,9-11H2,1-4H3,(H,20,23)/t14-,19?/m0/s1. The lowest BCUT2D eigenvalue weighted by molar-refractivity contribution is -0.146. The summed E-state index contributed by atoms with van der Waals surface area (Å²) in [6.07, 6.45) is -0.688. The third kappa shape index (κ3) is 3.75. The number of hydrogen-bond donors (Lipinski definition) is 1. The fourth-order valence-corrected chi connectivity index (χ4v) is 3.29. The van der Waals surface area contributed by atoms with Gasteiger partial charge in [0.2, 0.25) is 0 Å². The second-order valence-corrected chi connectivity index (χ2v) is 7.75. The molecular weight excluding hydrogens is 352 g/mol. The second kappa shape index (κ2) is 6.84. The molecular formula is C19H24N2O6. The van der Waals surface area contributed by atoms with Crippen molar-refractivity contribution in [2.45, 2.75) is 51.0 Å². The maximum absolute atomic E-state index is 12.9. The Morgan fingerprint density at radius 2 is 2.00 bits per heavy atom. The molecule has 0 aromatic heterocycles. The fraction of sp³-hybridized carbons (Fsp3) is 0.526. The number of benzene rings is 1. The first-order chi connectivity index (χ1) is 12.6. The SMILES string of the molecule is COC(=O)[C@@H]1CC2(CN1C(=O)OC(C)(C)C)OCc1ccccc1NC2=O. The maximum atomic E-state index is 12.9. The van der Waals surface area contributed by atoms with E-state index in [1.165, 1.54) is 12.0 Å². The molecule has 2 amide bonds. The van der Waals surface area contributed by atoms with Gasteiger partial charge in [-0.15, -0.1) is 0 Å². The van der Waals surface area contributed by atoms with Crippen molar-refractivity contribution in [2.24, 2.45) is 0 Å². The molecule has 2 aliphatic heterocycles. The Morgan fingerprint density at radius 3 is 2.67 bits per heavy atom. The van der Waals surface area contributed by atoms with E-state index >= 15 is 0 Å². The predicted octanol–water partition coefficient (Wildman–Crippen LogP) is 2.08. The van der Waals surface area contributed by atoms with E-state index in [2.05, 4.69) is 5.32 Å². The summed E-state index contributed by atoms with van der Waals surface area (Å²) in [6.45, 7) is 5.28. The van der Waals surface area contributed by atoms with Crippen molar-refractivity contribution in [1.82, 2.24) is 4.90 Å². The van der Waals surface area contributed by atoms with Crippen LogP contribution in [0.1, 0.15) is 32.8 Å². The lowest BCUT2D eigenvalue weighted by atomic mass is 9.99. The van der Waals surface area contributed by atoms with Gasteiger partial charge >= 0.3 is 12.1 Å². The topological polar surface area (TPSA) is 94.2 Å². The molecule has 1 aromatic carbocycles. The van der Waals surface area contributed by atoms with E-state index in [1.54, 1.807) is 26.8 Å². The highest BCUT2D eigenvalue weighted by Crippen LogP contribution is 2.37.